The number of carbonyl (C=O) groups is 1. The van der Waals surface area contributed by atoms with Gasteiger partial charge in [0, 0.05) is 23.6 Å². The molecule has 2 aliphatic heterocycles. The lowest BCUT2D eigenvalue weighted by atomic mass is 9.74. The number of carbonyl (C=O) groups excluding carboxylic acids is 1. The molecule has 3 heterocycles. The van der Waals surface area contributed by atoms with E-state index >= 15 is 0 Å². The van der Waals surface area contributed by atoms with Gasteiger partial charge in [-0.15, -0.1) is 0 Å². The molecule has 0 spiro atoms. The zero-order valence-electron chi connectivity index (χ0n) is 20.6. The predicted octanol–water partition coefficient (Wildman–Crippen LogP) is 5.15. The van der Waals surface area contributed by atoms with Gasteiger partial charge in [-0.1, -0.05) is 13.8 Å². The van der Waals surface area contributed by atoms with Crippen LogP contribution in [-0.4, -0.2) is 51.8 Å². The first-order valence-electron chi connectivity index (χ1n) is 12.6. The highest BCUT2D eigenvalue weighted by molar-refractivity contribution is 5.83. The Balaban J connectivity index is 1.26. The predicted molar refractivity (Wildman–Crippen MR) is 124 cm³/mol. The van der Waals surface area contributed by atoms with Crippen LogP contribution < -0.4 is 4.74 Å². The molecule has 1 saturated carbocycles. The van der Waals surface area contributed by atoms with E-state index in [4.69, 9.17) is 9.26 Å². The summed E-state index contributed by atoms with van der Waals surface area (Å²) in [5.74, 6) is 1.30. The summed E-state index contributed by atoms with van der Waals surface area (Å²) < 4.78 is 50.6. The van der Waals surface area contributed by atoms with Gasteiger partial charge in [-0.25, -0.2) is 0 Å². The summed E-state index contributed by atoms with van der Waals surface area (Å²) in [4.78, 5) is 17.9. The fraction of sp³-hybridized carbons (Fsp3) is 0.615. The van der Waals surface area contributed by atoms with Crippen LogP contribution in [0.25, 0.3) is 0 Å². The van der Waals surface area contributed by atoms with Gasteiger partial charge in [0.15, 0.2) is 6.73 Å². The number of piperidine rings is 1. The molecule has 1 N–H and O–H groups in total. The number of aromatic hydroxyl groups is 1. The van der Waals surface area contributed by atoms with E-state index in [9.17, 15) is 23.1 Å². The van der Waals surface area contributed by atoms with Gasteiger partial charge in [0.1, 0.15) is 11.5 Å². The second-order valence-corrected chi connectivity index (χ2v) is 10.7. The average Bonchev–Trinajstić information content (AvgIpc) is 3.50. The van der Waals surface area contributed by atoms with Crippen molar-refractivity contribution in [2.45, 2.75) is 70.6 Å². The molecule has 2 aromatic rings. The Bertz CT molecular complexity index is 1110. The molecule has 1 aromatic heterocycles. The largest absolute Gasteiger partial charge is 0.491 e. The van der Waals surface area contributed by atoms with E-state index in [0.29, 0.717) is 17.1 Å². The van der Waals surface area contributed by atoms with Gasteiger partial charge in [-0.05, 0) is 74.5 Å². The smallest absolute Gasteiger partial charge is 0.416 e. The zero-order valence-corrected chi connectivity index (χ0v) is 20.6. The maximum absolute atomic E-state index is 13.9. The minimum atomic E-state index is -4.44. The zero-order chi connectivity index (χ0) is 25.7. The molecule has 2 fully saturated rings. The minimum Gasteiger partial charge on any atom is -0.491 e. The number of hydrogen-bond donors (Lipinski definition) is 1. The third kappa shape index (κ3) is 4.55. The van der Waals surface area contributed by atoms with Gasteiger partial charge in [-0.2, -0.15) is 13.2 Å². The molecule has 2 atom stereocenters. The molecule has 3 aliphatic rings. The number of ether oxygens (including phenoxy) is 1. The summed E-state index contributed by atoms with van der Waals surface area (Å²) in [6.07, 6.45) is -0.279. The summed E-state index contributed by atoms with van der Waals surface area (Å²) in [7, 11) is 0. The number of halogens is 3. The third-order valence-electron chi connectivity index (χ3n) is 8.43. The van der Waals surface area contributed by atoms with Gasteiger partial charge >= 0.3 is 6.18 Å². The minimum absolute atomic E-state index is 0.0323. The maximum atomic E-state index is 13.9. The van der Waals surface area contributed by atoms with Gasteiger partial charge in [-0.3, -0.25) is 4.79 Å². The van der Waals surface area contributed by atoms with Crippen molar-refractivity contribution in [1.29, 1.82) is 0 Å². The first-order chi connectivity index (χ1) is 17.1. The van der Waals surface area contributed by atoms with Crippen LogP contribution in [0.2, 0.25) is 0 Å². The molecule has 1 amide bonds. The number of nitrogens with zero attached hydrogens (tertiary/aromatic N) is 3. The van der Waals surface area contributed by atoms with Crippen LogP contribution in [0.15, 0.2) is 28.8 Å². The number of fused-ring (bicyclic) bond motifs is 1. The van der Waals surface area contributed by atoms with Crippen molar-refractivity contribution in [2.75, 3.05) is 19.8 Å². The molecule has 0 unspecified atom stereocenters. The number of likely N-dealkylation sites (tertiary alicyclic amines) is 1. The Morgan fingerprint density at radius 2 is 1.94 bits per heavy atom. The van der Waals surface area contributed by atoms with Crippen LogP contribution >= 0.6 is 0 Å². The summed E-state index contributed by atoms with van der Waals surface area (Å²) >= 11 is 0. The van der Waals surface area contributed by atoms with Crippen LogP contribution in [0.5, 0.6) is 11.6 Å². The fourth-order valence-electron chi connectivity index (χ4n) is 6.21. The molecule has 1 aromatic carbocycles. The molecule has 1 aliphatic carbocycles. The first-order valence-corrected chi connectivity index (χ1v) is 12.6. The van der Waals surface area contributed by atoms with Crippen LogP contribution in [0.4, 0.5) is 13.2 Å². The summed E-state index contributed by atoms with van der Waals surface area (Å²) in [6.45, 7) is 6.03. The number of rotatable bonds is 4. The molecule has 5 rings (SSSR count). The van der Waals surface area contributed by atoms with E-state index in [1.165, 1.54) is 6.07 Å². The standard InChI is InChI=1S/C26H32F3N3O4/c1-16(2)25(24(34)32-14-18-11-19(26(27,28)29)3-4-21(18)35-15-32)8-5-20(13-25)31-9-6-17(7-10-31)22-12-23(33)30-36-22/h3-4,11-12,16-17,20H,5-10,13-15H2,1-2H3,(H,30,33)/t20-,25+/m1/s1. The number of benzene rings is 1. The van der Waals surface area contributed by atoms with Gasteiger partial charge < -0.3 is 24.2 Å². The van der Waals surface area contributed by atoms with Crippen molar-refractivity contribution in [3.63, 3.8) is 0 Å². The quantitative estimate of drug-likeness (QED) is 0.617. The lowest BCUT2D eigenvalue weighted by molar-refractivity contribution is -0.150. The highest BCUT2D eigenvalue weighted by Crippen LogP contribution is 2.49. The molecule has 1 saturated heterocycles. The van der Waals surface area contributed by atoms with E-state index in [1.807, 2.05) is 0 Å². The van der Waals surface area contributed by atoms with E-state index in [0.717, 1.165) is 57.3 Å². The molecule has 196 valence electrons. The molecular weight excluding hydrogens is 475 g/mol. The third-order valence-corrected chi connectivity index (χ3v) is 8.43. The monoisotopic (exact) mass is 507 g/mol. The van der Waals surface area contributed by atoms with Crippen molar-refractivity contribution >= 4 is 5.91 Å². The lowest BCUT2D eigenvalue weighted by Gasteiger charge is -2.41. The number of hydrogen-bond acceptors (Lipinski definition) is 6. The van der Waals surface area contributed by atoms with Crippen molar-refractivity contribution < 1.29 is 32.3 Å². The number of aromatic nitrogens is 1. The molecule has 36 heavy (non-hydrogen) atoms. The molecule has 7 nitrogen and oxygen atoms in total. The fourth-order valence-corrected chi connectivity index (χ4v) is 6.21. The van der Waals surface area contributed by atoms with E-state index in [-0.39, 0.29) is 42.9 Å². The van der Waals surface area contributed by atoms with Crippen molar-refractivity contribution in [3.8, 4) is 11.6 Å². The van der Waals surface area contributed by atoms with Crippen LogP contribution in [-0.2, 0) is 17.5 Å². The first kappa shape index (κ1) is 24.9. The lowest BCUT2D eigenvalue weighted by Crippen LogP contribution is -2.49. The highest BCUT2D eigenvalue weighted by atomic mass is 19.4. The topological polar surface area (TPSA) is 79.0 Å². The van der Waals surface area contributed by atoms with Crippen LogP contribution in [0.3, 0.4) is 0 Å². The Labute approximate surface area is 208 Å². The van der Waals surface area contributed by atoms with Crippen molar-refractivity contribution in [2.24, 2.45) is 11.3 Å². The molecule has 10 heteroatoms. The molecule has 0 bridgehead atoms. The number of amides is 1. The SMILES string of the molecule is CC(C)[C@]1(C(=O)N2COc3ccc(C(F)(F)F)cc3C2)CC[C@@H](N2CCC(c3cc(O)no3)CC2)C1. The van der Waals surface area contributed by atoms with Crippen LogP contribution in [0, 0.1) is 11.3 Å². The van der Waals surface area contributed by atoms with E-state index in [1.54, 1.807) is 11.0 Å². The van der Waals surface area contributed by atoms with Gasteiger partial charge in [0.05, 0.1) is 17.5 Å². The second-order valence-electron chi connectivity index (χ2n) is 10.7. The van der Waals surface area contributed by atoms with Gasteiger partial charge in [0.25, 0.3) is 5.88 Å². The second kappa shape index (κ2) is 9.28. The maximum Gasteiger partial charge on any atom is 0.416 e. The normalized spacial score (nSPS) is 25.7. The van der Waals surface area contributed by atoms with Gasteiger partial charge in [0.2, 0.25) is 5.91 Å². The van der Waals surface area contributed by atoms with E-state index in [2.05, 4.69) is 23.9 Å². The van der Waals surface area contributed by atoms with E-state index < -0.39 is 17.2 Å². The molecule has 0 radical (unpaired) electrons. The Morgan fingerprint density at radius 1 is 1.19 bits per heavy atom. The van der Waals surface area contributed by atoms with Crippen molar-refractivity contribution in [1.82, 2.24) is 15.0 Å². The summed E-state index contributed by atoms with van der Waals surface area (Å²) in [5, 5.41) is 13.1. The average molecular weight is 508 g/mol. The van der Waals surface area contributed by atoms with Crippen LogP contribution in [0.1, 0.15) is 68.8 Å². The Kier molecular flexibility index (Phi) is 6.43. The Morgan fingerprint density at radius 3 is 2.58 bits per heavy atom. The Hall–Kier alpha value is -2.75. The van der Waals surface area contributed by atoms with Crippen molar-refractivity contribution in [3.05, 3.63) is 41.2 Å². The molecular formula is C26H32F3N3O4. The number of alkyl halides is 3. The summed E-state index contributed by atoms with van der Waals surface area (Å²) in [6, 6.07) is 5.30. The summed E-state index contributed by atoms with van der Waals surface area (Å²) in [5.41, 5.74) is -0.915. The highest BCUT2D eigenvalue weighted by Gasteiger charge is 2.51.